The van der Waals surface area contributed by atoms with E-state index >= 15 is 0 Å². The van der Waals surface area contributed by atoms with Crippen LogP contribution in [0.4, 0.5) is 5.69 Å². The lowest BCUT2D eigenvalue weighted by Crippen LogP contribution is -2.42. The molecule has 0 aromatic heterocycles. The molecule has 2 N–H and O–H groups in total. The summed E-state index contributed by atoms with van der Waals surface area (Å²) in [5.41, 5.74) is -0.617. The molecule has 0 fully saturated rings. The van der Waals surface area contributed by atoms with Crippen molar-refractivity contribution in [2.45, 2.75) is 38.7 Å². The Morgan fingerprint density at radius 1 is 1.35 bits per heavy atom. The number of hydrogen-bond acceptors (Lipinski definition) is 4. The molecular weight excluding hydrogens is 260 g/mol. The van der Waals surface area contributed by atoms with E-state index in [4.69, 9.17) is 0 Å². The maximum absolute atomic E-state index is 11.8. The SMILES string of the molecule is CCC(O)(CC)CNC(=O)Cc1ccccc1[N+](=O)[O-]. The minimum absolute atomic E-state index is 0.0658. The average molecular weight is 280 g/mol. The van der Waals surface area contributed by atoms with Gasteiger partial charge in [0.05, 0.1) is 16.9 Å². The van der Waals surface area contributed by atoms with Crippen LogP contribution in [0.25, 0.3) is 0 Å². The van der Waals surface area contributed by atoms with Crippen LogP contribution in [-0.2, 0) is 11.2 Å². The van der Waals surface area contributed by atoms with Crippen molar-refractivity contribution in [3.05, 3.63) is 39.9 Å². The van der Waals surface area contributed by atoms with Gasteiger partial charge in [0.25, 0.3) is 5.69 Å². The zero-order chi connectivity index (χ0) is 15.2. The maximum atomic E-state index is 11.8. The average Bonchev–Trinajstić information content (AvgIpc) is 2.45. The largest absolute Gasteiger partial charge is 0.388 e. The standard InChI is InChI=1S/C14H20N2O4/c1-3-14(18,4-2)10-15-13(17)9-11-7-5-6-8-12(11)16(19)20/h5-8,18H,3-4,9-10H2,1-2H3,(H,15,17). The van der Waals surface area contributed by atoms with Crippen molar-refractivity contribution < 1.29 is 14.8 Å². The molecule has 0 atom stereocenters. The van der Waals surface area contributed by atoms with Crippen LogP contribution in [0, 0.1) is 10.1 Å². The zero-order valence-electron chi connectivity index (χ0n) is 11.8. The topological polar surface area (TPSA) is 92.5 Å². The molecule has 20 heavy (non-hydrogen) atoms. The molecule has 110 valence electrons. The number of amides is 1. The minimum atomic E-state index is -0.918. The number of nitro benzene ring substituents is 1. The number of nitrogens with zero attached hydrogens (tertiary/aromatic N) is 1. The van der Waals surface area contributed by atoms with Gasteiger partial charge in [-0.05, 0) is 12.8 Å². The van der Waals surface area contributed by atoms with Crippen LogP contribution in [0.3, 0.4) is 0 Å². The van der Waals surface area contributed by atoms with Crippen molar-refractivity contribution in [2.75, 3.05) is 6.54 Å². The fourth-order valence-corrected chi connectivity index (χ4v) is 1.84. The highest BCUT2D eigenvalue weighted by Crippen LogP contribution is 2.18. The van der Waals surface area contributed by atoms with E-state index in [9.17, 15) is 20.0 Å². The first kappa shape index (κ1) is 16.1. The summed E-state index contributed by atoms with van der Waals surface area (Å²) >= 11 is 0. The molecule has 0 spiro atoms. The van der Waals surface area contributed by atoms with E-state index in [0.717, 1.165) is 0 Å². The summed E-state index contributed by atoms with van der Waals surface area (Å²) < 4.78 is 0. The van der Waals surface area contributed by atoms with Crippen LogP contribution in [0.2, 0.25) is 0 Å². The van der Waals surface area contributed by atoms with E-state index in [2.05, 4.69) is 5.32 Å². The predicted octanol–water partition coefficient (Wildman–Crippen LogP) is 1.80. The number of aliphatic hydroxyl groups is 1. The van der Waals surface area contributed by atoms with Gasteiger partial charge in [0.1, 0.15) is 0 Å². The Balaban J connectivity index is 2.66. The van der Waals surface area contributed by atoms with Crippen LogP contribution in [0.1, 0.15) is 32.3 Å². The normalized spacial score (nSPS) is 11.2. The first-order valence-corrected chi connectivity index (χ1v) is 6.63. The third-order valence-corrected chi connectivity index (χ3v) is 3.47. The Morgan fingerprint density at radius 3 is 2.50 bits per heavy atom. The van der Waals surface area contributed by atoms with E-state index < -0.39 is 10.5 Å². The highest BCUT2D eigenvalue weighted by molar-refractivity contribution is 5.79. The number of para-hydroxylation sites is 1. The van der Waals surface area contributed by atoms with Crippen molar-refractivity contribution >= 4 is 11.6 Å². The summed E-state index contributed by atoms with van der Waals surface area (Å²) in [6.07, 6.45) is 1.01. The molecule has 0 saturated heterocycles. The number of benzene rings is 1. The molecule has 6 nitrogen and oxygen atoms in total. The van der Waals surface area contributed by atoms with E-state index in [-0.39, 0.29) is 24.6 Å². The van der Waals surface area contributed by atoms with Crippen LogP contribution in [0.15, 0.2) is 24.3 Å². The molecule has 0 radical (unpaired) electrons. The molecular formula is C14H20N2O4. The van der Waals surface area contributed by atoms with E-state index in [1.165, 1.54) is 6.07 Å². The van der Waals surface area contributed by atoms with Crippen molar-refractivity contribution in [1.82, 2.24) is 5.32 Å². The van der Waals surface area contributed by atoms with Crippen molar-refractivity contribution in [3.8, 4) is 0 Å². The maximum Gasteiger partial charge on any atom is 0.273 e. The predicted molar refractivity (Wildman–Crippen MR) is 75.3 cm³/mol. The van der Waals surface area contributed by atoms with Gasteiger partial charge < -0.3 is 10.4 Å². The molecule has 1 aromatic rings. The van der Waals surface area contributed by atoms with Gasteiger partial charge in [-0.2, -0.15) is 0 Å². The third-order valence-electron chi connectivity index (χ3n) is 3.47. The van der Waals surface area contributed by atoms with Gasteiger partial charge >= 0.3 is 0 Å². The van der Waals surface area contributed by atoms with Crippen LogP contribution in [-0.4, -0.2) is 28.1 Å². The molecule has 1 aromatic carbocycles. The number of hydrogen-bond donors (Lipinski definition) is 2. The van der Waals surface area contributed by atoms with Gasteiger partial charge in [-0.3, -0.25) is 14.9 Å². The first-order chi connectivity index (χ1) is 9.41. The summed E-state index contributed by atoms with van der Waals surface area (Å²) in [6, 6.07) is 6.15. The Kier molecular flexibility index (Phi) is 5.64. The lowest BCUT2D eigenvalue weighted by Gasteiger charge is -2.25. The first-order valence-electron chi connectivity index (χ1n) is 6.63. The summed E-state index contributed by atoms with van der Waals surface area (Å²) in [5.74, 6) is -0.334. The molecule has 6 heteroatoms. The fraction of sp³-hybridized carbons (Fsp3) is 0.500. The van der Waals surface area contributed by atoms with Crippen LogP contribution < -0.4 is 5.32 Å². The summed E-state index contributed by atoms with van der Waals surface area (Å²) in [4.78, 5) is 22.2. The quantitative estimate of drug-likeness (QED) is 0.588. The second kappa shape index (κ2) is 7.00. The van der Waals surface area contributed by atoms with Gasteiger partial charge in [-0.15, -0.1) is 0 Å². The molecule has 1 rings (SSSR count). The molecule has 0 aliphatic rings. The Labute approximate surface area is 118 Å². The Hall–Kier alpha value is -1.95. The van der Waals surface area contributed by atoms with Crippen molar-refractivity contribution in [3.63, 3.8) is 0 Å². The molecule has 0 bridgehead atoms. The second-order valence-electron chi connectivity index (χ2n) is 4.77. The molecule has 1 amide bonds. The number of nitro groups is 1. The summed E-state index contributed by atoms with van der Waals surface area (Å²) in [7, 11) is 0. The van der Waals surface area contributed by atoms with Crippen molar-refractivity contribution in [1.29, 1.82) is 0 Å². The highest BCUT2D eigenvalue weighted by atomic mass is 16.6. The number of carbonyl (C=O) groups excluding carboxylic acids is 1. The van der Waals surface area contributed by atoms with Gasteiger partial charge in [-0.25, -0.2) is 0 Å². The molecule has 0 aliphatic heterocycles. The Morgan fingerprint density at radius 2 is 1.95 bits per heavy atom. The molecule has 0 unspecified atom stereocenters. The Bertz CT molecular complexity index is 484. The lowest BCUT2D eigenvalue weighted by atomic mass is 9.97. The number of carbonyl (C=O) groups is 1. The second-order valence-corrected chi connectivity index (χ2v) is 4.77. The highest BCUT2D eigenvalue weighted by Gasteiger charge is 2.23. The third kappa shape index (κ3) is 4.31. The molecule has 0 saturated carbocycles. The number of nitrogens with one attached hydrogen (secondary N) is 1. The van der Waals surface area contributed by atoms with E-state index in [0.29, 0.717) is 18.4 Å². The molecule has 0 heterocycles. The lowest BCUT2D eigenvalue weighted by molar-refractivity contribution is -0.385. The smallest absolute Gasteiger partial charge is 0.273 e. The van der Waals surface area contributed by atoms with Gasteiger partial charge in [0.2, 0.25) is 5.91 Å². The minimum Gasteiger partial charge on any atom is -0.388 e. The van der Waals surface area contributed by atoms with Gasteiger partial charge in [-0.1, -0.05) is 32.0 Å². The fourth-order valence-electron chi connectivity index (χ4n) is 1.84. The monoisotopic (exact) mass is 280 g/mol. The van der Waals surface area contributed by atoms with Crippen LogP contribution >= 0.6 is 0 Å². The van der Waals surface area contributed by atoms with E-state index in [1.54, 1.807) is 18.2 Å². The van der Waals surface area contributed by atoms with Crippen molar-refractivity contribution in [2.24, 2.45) is 0 Å². The number of rotatable bonds is 7. The van der Waals surface area contributed by atoms with Gasteiger partial charge in [0, 0.05) is 18.2 Å². The van der Waals surface area contributed by atoms with E-state index in [1.807, 2.05) is 13.8 Å². The zero-order valence-corrected chi connectivity index (χ0v) is 11.8. The molecule has 0 aliphatic carbocycles. The van der Waals surface area contributed by atoms with Gasteiger partial charge in [0.15, 0.2) is 0 Å². The summed E-state index contributed by atoms with van der Waals surface area (Å²) in [5, 5.41) is 23.5. The summed E-state index contributed by atoms with van der Waals surface area (Å²) in [6.45, 7) is 3.84. The van der Waals surface area contributed by atoms with Crippen LogP contribution in [0.5, 0.6) is 0 Å².